The van der Waals surface area contributed by atoms with Gasteiger partial charge >= 0.3 is 5.97 Å². The molecular weight excluding hydrogens is 284 g/mol. The van der Waals surface area contributed by atoms with Gasteiger partial charge in [-0.1, -0.05) is 0 Å². The van der Waals surface area contributed by atoms with Crippen molar-refractivity contribution in [2.24, 2.45) is 7.05 Å². The maximum absolute atomic E-state index is 11.7. The molecule has 0 atom stereocenters. The van der Waals surface area contributed by atoms with Crippen LogP contribution in [0.2, 0.25) is 0 Å². The van der Waals surface area contributed by atoms with E-state index in [4.69, 9.17) is 4.74 Å². The van der Waals surface area contributed by atoms with Gasteiger partial charge in [0.05, 0.1) is 18.5 Å². The summed E-state index contributed by atoms with van der Waals surface area (Å²) >= 11 is 0. The van der Waals surface area contributed by atoms with Crippen molar-refractivity contribution in [3.63, 3.8) is 0 Å². The Morgan fingerprint density at radius 3 is 2.86 bits per heavy atom. The average molecular weight is 298 g/mol. The number of fused-ring (bicyclic) bond motifs is 1. The molecule has 0 amide bonds. The zero-order valence-corrected chi connectivity index (χ0v) is 12.2. The smallest absolute Gasteiger partial charge is 0.358 e. The highest BCUT2D eigenvalue weighted by Crippen LogP contribution is 2.15. The van der Waals surface area contributed by atoms with Gasteiger partial charge in [0.15, 0.2) is 11.3 Å². The minimum Gasteiger partial charge on any atom is -0.461 e. The molecule has 0 fully saturated rings. The predicted octanol–water partition coefficient (Wildman–Crippen LogP) is 1.27. The van der Waals surface area contributed by atoms with Crippen molar-refractivity contribution in [3.8, 4) is 11.3 Å². The van der Waals surface area contributed by atoms with Crippen LogP contribution in [0.15, 0.2) is 41.5 Å². The van der Waals surface area contributed by atoms with E-state index in [0.717, 1.165) is 0 Å². The molecule has 7 nitrogen and oxygen atoms in total. The lowest BCUT2D eigenvalue weighted by atomic mass is 10.2. The summed E-state index contributed by atoms with van der Waals surface area (Å²) in [4.78, 5) is 27.5. The molecule has 0 aliphatic rings. The molecule has 0 aromatic carbocycles. The molecule has 0 bridgehead atoms. The van der Waals surface area contributed by atoms with Crippen LogP contribution in [0.5, 0.6) is 0 Å². The molecule has 3 aromatic heterocycles. The van der Waals surface area contributed by atoms with Gasteiger partial charge in [-0.15, -0.1) is 0 Å². The van der Waals surface area contributed by atoms with Gasteiger partial charge in [0.1, 0.15) is 0 Å². The molecular formula is C15H14N4O3. The summed E-state index contributed by atoms with van der Waals surface area (Å²) in [6.45, 7) is 2.03. The number of carbonyl (C=O) groups excluding carboxylic acids is 1. The third kappa shape index (κ3) is 2.48. The number of hydrogen-bond donors (Lipinski definition) is 0. The molecule has 0 N–H and O–H groups in total. The molecule has 22 heavy (non-hydrogen) atoms. The van der Waals surface area contributed by atoms with E-state index in [1.54, 1.807) is 38.4 Å². The zero-order valence-electron chi connectivity index (χ0n) is 12.2. The fourth-order valence-electron chi connectivity index (χ4n) is 2.05. The Hall–Kier alpha value is -2.96. The Labute approximate surface area is 125 Å². The molecule has 0 aliphatic heterocycles. The number of hydrogen-bond acceptors (Lipinski definition) is 5. The molecule has 0 unspecified atom stereocenters. The van der Waals surface area contributed by atoms with Crippen molar-refractivity contribution in [1.82, 2.24) is 19.2 Å². The number of rotatable bonds is 3. The highest BCUT2D eigenvalue weighted by atomic mass is 16.5. The summed E-state index contributed by atoms with van der Waals surface area (Å²) in [6, 6.07) is 6.81. The summed E-state index contributed by atoms with van der Waals surface area (Å²) in [5.41, 5.74) is 1.96. The number of carbonyl (C=O) groups is 1. The van der Waals surface area contributed by atoms with Crippen LogP contribution < -0.4 is 5.56 Å². The van der Waals surface area contributed by atoms with Crippen molar-refractivity contribution in [2.45, 2.75) is 6.92 Å². The van der Waals surface area contributed by atoms with Crippen LogP contribution in [0.25, 0.3) is 16.9 Å². The predicted molar refractivity (Wildman–Crippen MR) is 79.6 cm³/mol. The van der Waals surface area contributed by atoms with Crippen LogP contribution in [-0.4, -0.2) is 31.7 Å². The summed E-state index contributed by atoms with van der Waals surface area (Å²) < 4.78 is 7.90. The normalized spacial score (nSPS) is 10.8. The van der Waals surface area contributed by atoms with Crippen LogP contribution in [0, 0.1) is 0 Å². The first-order chi connectivity index (χ1) is 10.6. The van der Waals surface area contributed by atoms with Gasteiger partial charge in [-0.3, -0.25) is 4.79 Å². The highest BCUT2D eigenvalue weighted by Gasteiger charge is 2.12. The minimum absolute atomic E-state index is 0.114. The van der Waals surface area contributed by atoms with Crippen LogP contribution >= 0.6 is 0 Å². The summed E-state index contributed by atoms with van der Waals surface area (Å²) in [5, 5.41) is 4.38. The molecule has 0 aliphatic carbocycles. The van der Waals surface area contributed by atoms with Crippen molar-refractivity contribution in [3.05, 3.63) is 52.7 Å². The first kappa shape index (κ1) is 14.0. The SMILES string of the molecule is CCOC(=O)c1cn2nc(-c3ccn(C)c(=O)c3)ccc2n1. The van der Waals surface area contributed by atoms with Crippen LogP contribution in [-0.2, 0) is 11.8 Å². The largest absolute Gasteiger partial charge is 0.461 e. The topological polar surface area (TPSA) is 78.5 Å². The average Bonchev–Trinajstić information content (AvgIpc) is 2.93. The molecule has 112 valence electrons. The number of aromatic nitrogens is 4. The van der Waals surface area contributed by atoms with Gasteiger partial charge in [0, 0.05) is 24.9 Å². The maximum atomic E-state index is 11.7. The fraction of sp³-hybridized carbons (Fsp3) is 0.200. The Balaban J connectivity index is 2.04. The van der Waals surface area contributed by atoms with Crippen molar-refractivity contribution in [1.29, 1.82) is 0 Å². The molecule has 0 saturated carbocycles. The zero-order chi connectivity index (χ0) is 15.7. The van der Waals surface area contributed by atoms with Gasteiger partial charge < -0.3 is 9.30 Å². The van der Waals surface area contributed by atoms with E-state index in [2.05, 4.69) is 10.1 Å². The summed E-state index contributed by atoms with van der Waals surface area (Å²) in [6.07, 6.45) is 3.19. The maximum Gasteiger partial charge on any atom is 0.358 e. The monoisotopic (exact) mass is 298 g/mol. The number of imidazole rings is 1. The van der Waals surface area contributed by atoms with E-state index in [9.17, 15) is 9.59 Å². The van der Waals surface area contributed by atoms with Gasteiger partial charge in [0.25, 0.3) is 5.56 Å². The number of nitrogens with zero attached hydrogens (tertiary/aromatic N) is 4. The second-order valence-electron chi connectivity index (χ2n) is 4.73. The second-order valence-corrected chi connectivity index (χ2v) is 4.73. The van der Waals surface area contributed by atoms with Gasteiger partial charge in [0.2, 0.25) is 0 Å². The lowest BCUT2D eigenvalue weighted by molar-refractivity contribution is 0.0520. The van der Waals surface area contributed by atoms with Crippen molar-refractivity contribution >= 4 is 11.6 Å². The Kier molecular flexibility index (Phi) is 3.46. The molecule has 3 heterocycles. The van der Waals surface area contributed by atoms with E-state index in [1.807, 2.05) is 0 Å². The highest BCUT2D eigenvalue weighted by molar-refractivity contribution is 5.87. The Morgan fingerprint density at radius 2 is 2.14 bits per heavy atom. The Bertz CT molecular complexity index is 911. The van der Waals surface area contributed by atoms with Crippen LogP contribution in [0.3, 0.4) is 0 Å². The van der Waals surface area contributed by atoms with Crippen LogP contribution in [0.1, 0.15) is 17.4 Å². The molecule has 0 saturated heterocycles. The molecule has 3 aromatic rings. The first-order valence-corrected chi connectivity index (χ1v) is 6.79. The standard InChI is InChI=1S/C15H14N4O3/c1-3-22-15(21)12-9-19-13(16-12)5-4-11(17-19)10-6-7-18(2)14(20)8-10/h4-9H,3H2,1-2H3. The van der Waals surface area contributed by atoms with Gasteiger partial charge in [-0.05, 0) is 25.1 Å². The Morgan fingerprint density at radius 1 is 1.32 bits per heavy atom. The molecule has 3 rings (SSSR count). The third-order valence-electron chi connectivity index (χ3n) is 3.20. The minimum atomic E-state index is -0.483. The van der Waals surface area contributed by atoms with E-state index in [0.29, 0.717) is 23.5 Å². The number of ether oxygens (including phenoxy) is 1. The van der Waals surface area contributed by atoms with E-state index in [-0.39, 0.29) is 11.3 Å². The number of pyridine rings is 1. The fourth-order valence-corrected chi connectivity index (χ4v) is 2.05. The molecule has 0 radical (unpaired) electrons. The first-order valence-electron chi connectivity index (χ1n) is 6.79. The summed E-state index contributed by atoms with van der Waals surface area (Å²) in [7, 11) is 1.68. The number of esters is 1. The van der Waals surface area contributed by atoms with Crippen molar-refractivity contribution < 1.29 is 9.53 Å². The van der Waals surface area contributed by atoms with E-state index < -0.39 is 5.97 Å². The number of aryl methyl sites for hydroxylation is 1. The van der Waals surface area contributed by atoms with Crippen LogP contribution in [0.4, 0.5) is 0 Å². The van der Waals surface area contributed by atoms with E-state index in [1.165, 1.54) is 21.3 Å². The lowest BCUT2D eigenvalue weighted by Crippen LogP contribution is -2.14. The van der Waals surface area contributed by atoms with E-state index >= 15 is 0 Å². The quantitative estimate of drug-likeness (QED) is 0.680. The molecule has 0 spiro atoms. The van der Waals surface area contributed by atoms with Crippen molar-refractivity contribution in [2.75, 3.05) is 6.61 Å². The van der Waals surface area contributed by atoms with Gasteiger partial charge in [-0.2, -0.15) is 5.10 Å². The molecule has 7 heteroatoms. The third-order valence-corrected chi connectivity index (χ3v) is 3.20. The van der Waals surface area contributed by atoms with Gasteiger partial charge in [-0.25, -0.2) is 14.3 Å². The second kappa shape index (κ2) is 5.44. The lowest BCUT2D eigenvalue weighted by Gasteiger charge is -2.02. The summed E-state index contributed by atoms with van der Waals surface area (Å²) in [5.74, 6) is -0.483.